The molecule has 1 N–H and O–H groups in total. The molecule has 1 aromatic rings. The third-order valence-electron chi connectivity index (χ3n) is 4.19. The molecule has 1 aliphatic rings. The first-order valence-corrected chi connectivity index (χ1v) is 8.57. The zero-order valence-corrected chi connectivity index (χ0v) is 14.8. The lowest BCUT2D eigenvalue weighted by molar-refractivity contribution is 0.263. The van der Waals surface area contributed by atoms with Crippen LogP contribution < -0.4 is 5.32 Å². The maximum Gasteiger partial charge on any atom is 0.0464 e. The van der Waals surface area contributed by atoms with E-state index in [4.69, 9.17) is 11.6 Å². The summed E-state index contributed by atoms with van der Waals surface area (Å²) >= 11 is 9.75. The second-order valence-corrected chi connectivity index (χ2v) is 7.36. The molecule has 0 saturated carbocycles. The van der Waals surface area contributed by atoms with Gasteiger partial charge >= 0.3 is 0 Å². The van der Waals surface area contributed by atoms with Gasteiger partial charge in [-0.3, -0.25) is 0 Å². The number of benzene rings is 1. The summed E-state index contributed by atoms with van der Waals surface area (Å²) in [7, 11) is 0. The molecule has 1 saturated heterocycles. The molecule has 2 nitrogen and oxygen atoms in total. The van der Waals surface area contributed by atoms with E-state index < -0.39 is 0 Å². The molecular weight excluding hydrogens is 336 g/mol. The van der Waals surface area contributed by atoms with Gasteiger partial charge in [-0.2, -0.15) is 0 Å². The molecule has 0 aromatic heterocycles. The summed E-state index contributed by atoms with van der Waals surface area (Å²) in [6.45, 7) is 10.3. The van der Waals surface area contributed by atoms with E-state index in [1.807, 2.05) is 6.07 Å². The van der Waals surface area contributed by atoms with E-state index in [9.17, 15) is 0 Å². The smallest absolute Gasteiger partial charge is 0.0464 e. The van der Waals surface area contributed by atoms with E-state index in [-0.39, 0.29) is 0 Å². The first-order valence-electron chi connectivity index (χ1n) is 7.39. The monoisotopic (exact) mass is 358 g/mol. The number of hydrogen-bond acceptors (Lipinski definition) is 2. The zero-order chi connectivity index (χ0) is 14.7. The van der Waals surface area contributed by atoms with Crippen molar-refractivity contribution in [2.45, 2.75) is 39.3 Å². The molecule has 20 heavy (non-hydrogen) atoms. The zero-order valence-electron chi connectivity index (χ0n) is 12.5. The van der Waals surface area contributed by atoms with Crippen LogP contribution in [0.3, 0.4) is 0 Å². The fraction of sp³-hybridized carbons (Fsp3) is 0.625. The Morgan fingerprint density at radius 3 is 2.75 bits per heavy atom. The highest BCUT2D eigenvalue weighted by atomic mass is 79.9. The minimum absolute atomic E-state index is 0.295. The van der Waals surface area contributed by atoms with E-state index in [1.165, 1.54) is 25.1 Å². The van der Waals surface area contributed by atoms with Crippen LogP contribution in [0.25, 0.3) is 0 Å². The lowest BCUT2D eigenvalue weighted by Crippen LogP contribution is -2.31. The molecule has 0 bridgehead atoms. The third kappa shape index (κ3) is 4.20. The van der Waals surface area contributed by atoms with Crippen molar-refractivity contribution in [3.8, 4) is 0 Å². The van der Waals surface area contributed by atoms with Crippen molar-refractivity contribution in [3.05, 3.63) is 33.3 Å². The summed E-state index contributed by atoms with van der Waals surface area (Å²) in [5, 5.41) is 4.46. The molecule has 4 heteroatoms. The second-order valence-electron chi connectivity index (χ2n) is 6.04. The number of hydrogen-bond donors (Lipinski definition) is 1. The van der Waals surface area contributed by atoms with Gasteiger partial charge in [0.1, 0.15) is 0 Å². The molecule has 1 aromatic carbocycles. The molecule has 0 radical (unpaired) electrons. The number of halogens is 2. The Hall–Kier alpha value is -0.0900. The third-order valence-corrected chi connectivity index (χ3v) is 5.01. The van der Waals surface area contributed by atoms with Crippen LogP contribution in [0.1, 0.15) is 38.8 Å². The van der Waals surface area contributed by atoms with Crippen LogP contribution in [0.4, 0.5) is 0 Å². The summed E-state index contributed by atoms with van der Waals surface area (Å²) in [6.07, 6.45) is 1.30. The number of rotatable bonds is 5. The van der Waals surface area contributed by atoms with Crippen molar-refractivity contribution in [1.82, 2.24) is 10.2 Å². The van der Waals surface area contributed by atoms with Crippen molar-refractivity contribution in [1.29, 1.82) is 0 Å². The Labute approximate surface area is 136 Å². The summed E-state index contributed by atoms with van der Waals surface area (Å²) in [5.74, 6) is 0.758. The Kier molecular flexibility index (Phi) is 5.91. The molecular formula is C16H24BrClN2. The predicted molar refractivity (Wildman–Crippen MR) is 90.4 cm³/mol. The number of likely N-dealkylation sites (tertiary alicyclic amines) is 1. The van der Waals surface area contributed by atoms with Crippen molar-refractivity contribution in [3.63, 3.8) is 0 Å². The molecule has 0 amide bonds. The Bertz CT molecular complexity index is 450. The standard InChI is InChI=1S/C16H24BrClN2/c1-11(2)20-7-6-13(10-20)9-19-12(3)15-5-4-14(17)8-16(15)18/h4-5,8,11-13,19H,6-7,9-10H2,1-3H3. The largest absolute Gasteiger partial charge is 0.310 e. The molecule has 0 spiro atoms. The normalized spacial score (nSPS) is 21.6. The van der Waals surface area contributed by atoms with Crippen LogP contribution in [0.5, 0.6) is 0 Å². The van der Waals surface area contributed by atoms with Crippen molar-refractivity contribution in [2.75, 3.05) is 19.6 Å². The van der Waals surface area contributed by atoms with E-state index in [0.717, 1.165) is 22.0 Å². The Morgan fingerprint density at radius 2 is 2.15 bits per heavy atom. The molecule has 1 fully saturated rings. The summed E-state index contributed by atoms with van der Waals surface area (Å²) in [4.78, 5) is 2.56. The number of nitrogens with one attached hydrogen (secondary N) is 1. The lowest BCUT2D eigenvalue weighted by atomic mass is 10.1. The highest BCUT2D eigenvalue weighted by Crippen LogP contribution is 2.27. The van der Waals surface area contributed by atoms with E-state index in [2.05, 4.69) is 59.1 Å². The van der Waals surface area contributed by atoms with Crippen molar-refractivity contribution in [2.24, 2.45) is 5.92 Å². The molecule has 0 aliphatic carbocycles. The molecule has 2 rings (SSSR count). The fourth-order valence-corrected chi connectivity index (χ4v) is 3.64. The van der Waals surface area contributed by atoms with Crippen LogP contribution in [-0.2, 0) is 0 Å². The Balaban J connectivity index is 1.85. The average molecular weight is 360 g/mol. The average Bonchev–Trinajstić information content (AvgIpc) is 2.85. The quantitative estimate of drug-likeness (QED) is 0.833. The molecule has 1 aliphatic heterocycles. The second kappa shape index (κ2) is 7.26. The topological polar surface area (TPSA) is 15.3 Å². The summed E-state index contributed by atoms with van der Waals surface area (Å²) in [6, 6.07) is 7.07. The maximum absolute atomic E-state index is 6.31. The van der Waals surface area contributed by atoms with Gasteiger partial charge in [0, 0.05) is 28.1 Å². The van der Waals surface area contributed by atoms with Crippen molar-refractivity contribution < 1.29 is 0 Å². The van der Waals surface area contributed by atoms with Crippen LogP contribution in [0.2, 0.25) is 5.02 Å². The van der Waals surface area contributed by atoms with E-state index >= 15 is 0 Å². The van der Waals surface area contributed by atoms with Gasteiger partial charge in [0.25, 0.3) is 0 Å². The molecule has 112 valence electrons. The van der Waals surface area contributed by atoms with Gasteiger partial charge in [-0.15, -0.1) is 0 Å². The fourth-order valence-electron chi connectivity index (χ4n) is 2.80. The minimum Gasteiger partial charge on any atom is -0.310 e. The van der Waals surface area contributed by atoms with E-state index in [1.54, 1.807) is 0 Å². The summed E-state index contributed by atoms with van der Waals surface area (Å²) in [5.41, 5.74) is 1.17. The molecule has 2 unspecified atom stereocenters. The predicted octanol–water partition coefficient (Wildman–Crippen LogP) is 4.48. The van der Waals surface area contributed by atoms with Gasteiger partial charge in [0.05, 0.1) is 0 Å². The van der Waals surface area contributed by atoms with Gasteiger partial charge in [-0.05, 0) is 63.9 Å². The lowest BCUT2D eigenvalue weighted by Gasteiger charge is -2.21. The SMILES string of the molecule is CC(NCC1CCN(C(C)C)C1)c1ccc(Br)cc1Cl. The minimum atomic E-state index is 0.295. The Morgan fingerprint density at radius 1 is 1.40 bits per heavy atom. The highest BCUT2D eigenvalue weighted by molar-refractivity contribution is 9.10. The van der Waals surface area contributed by atoms with Crippen LogP contribution in [-0.4, -0.2) is 30.6 Å². The van der Waals surface area contributed by atoms with Crippen LogP contribution >= 0.6 is 27.5 Å². The van der Waals surface area contributed by atoms with Gasteiger partial charge in [0.15, 0.2) is 0 Å². The molecule has 2 atom stereocenters. The first kappa shape index (κ1) is 16.3. The molecule has 1 heterocycles. The summed E-state index contributed by atoms with van der Waals surface area (Å²) < 4.78 is 1.03. The van der Waals surface area contributed by atoms with Gasteiger partial charge in [-0.1, -0.05) is 33.6 Å². The highest BCUT2D eigenvalue weighted by Gasteiger charge is 2.24. The van der Waals surface area contributed by atoms with Crippen LogP contribution in [0.15, 0.2) is 22.7 Å². The first-order chi connectivity index (χ1) is 9.47. The maximum atomic E-state index is 6.31. The van der Waals surface area contributed by atoms with Crippen molar-refractivity contribution >= 4 is 27.5 Å². The van der Waals surface area contributed by atoms with Gasteiger partial charge in [-0.25, -0.2) is 0 Å². The van der Waals surface area contributed by atoms with Gasteiger partial charge < -0.3 is 10.2 Å². The van der Waals surface area contributed by atoms with E-state index in [0.29, 0.717) is 12.1 Å². The van der Waals surface area contributed by atoms with Gasteiger partial charge in [0.2, 0.25) is 0 Å². The number of nitrogens with zero attached hydrogens (tertiary/aromatic N) is 1. The van der Waals surface area contributed by atoms with Crippen LogP contribution in [0, 0.1) is 5.92 Å².